The van der Waals surface area contributed by atoms with E-state index in [0.717, 1.165) is 0 Å². The van der Waals surface area contributed by atoms with Crippen LogP contribution in [0.1, 0.15) is 16.9 Å². The van der Waals surface area contributed by atoms with Crippen molar-refractivity contribution in [2.45, 2.75) is 13.0 Å². The van der Waals surface area contributed by atoms with Crippen molar-refractivity contribution in [2.75, 3.05) is 27.2 Å². The van der Waals surface area contributed by atoms with E-state index in [1.54, 1.807) is 20.3 Å². The van der Waals surface area contributed by atoms with Crippen molar-refractivity contribution in [3.05, 3.63) is 11.9 Å². The van der Waals surface area contributed by atoms with Crippen molar-refractivity contribution in [1.82, 2.24) is 25.2 Å². The summed E-state index contributed by atoms with van der Waals surface area (Å²) in [5, 5.41) is 10.0. The molecule has 8 nitrogen and oxygen atoms in total. The molecule has 0 spiro atoms. The van der Waals surface area contributed by atoms with E-state index in [-0.39, 0.29) is 23.9 Å². The summed E-state index contributed by atoms with van der Waals surface area (Å²) >= 11 is 0. The standard InChI is InChI=1S/C10H18N6O2/c1-12-9(17)3-5-15(2)10(18)8-7-16(6-4-11)14-13-8/h7H,3-6,11H2,1-2H3,(H,12,17). The summed E-state index contributed by atoms with van der Waals surface area (Å²) in [6, 6.07) is 0. The Morgan fingerprint density at radius 3 is 2.89 bits per heavy atom. The third-order valence-corrected chi connectivity index (χ3v) is 2.42. The third-order valence-electron chi connectivity index (χ3n) is 2.42. The zero-order chi connectivity index (χ0) is 13.5. The molecule has 0 aromatic carbocycles. The van der Waals surface area contributed by atoms with Crippen LogP contribution in [0.15, 0.2) is 6.20 Å². The lowest BCUT2D eigenvalue weighted by molar-refractivity contribution is -0.120. The number of hydrogen-bond donors (Lipinski definition) is 2. The van der Waals surface area contributed by atoms with Crippen LogP contribution in [0.5, 0.6) is 0 Å². The molecule has 0 aliphatic rings. The van der Waals surface area contributed by atoms with Gasteiger partial charge in [0.2, 0.25) is 5.91 Å². The molecule has 100 valence electrons. The Bertz CT molecular complexity index is 416. The van der Waals surface area contributed by atoms with Gasteiger partial charge in [-0.25, -0.2) is 0 Å². The second-order valence-electron chi connectivity index (χ2n) is 3.81. The van der Waals surface area contributed by atoms with Crippen molar-refractivity contribution in [3.63, 3.8) is 0 Å². The minimum atomic E-state index is -0.262. The van der Waals surface area contributed by atoms with Crippen molar-refractivity contribution < 1.29 is 9.59 Å². The van der Waals surface area contributed by atoms with E-state index in [4.69, 9.17) is 5.73 Å². The quantitative estimate of drug-likeness (QED) is 0.639. The van der Waals surface area contributed by atoms with Gasteiger partial charge in [-0.1, -0.05) is 5.21 Å². The van der Waals surface area contributed by atoms with Crippen molar-refractivity contribution in [3.8, 4) is 0 Å². The van der Waals surface area contributed by atoms with Crippen LogP contribution in [0.4, 0.5) is 0 Å². The van der Waals surface area contributed by atoms with Gasteiger partial charge in [0.15, 0.2) is 5.69 Å². The first kappa shape index (κ1) is 14.1. The van der Waals surface area contributed by atoms with E-state index in [2.05, 4.69) is 15.6 Å². The van der Waals surface area contributed by atoms with E-state index < -0.39 is 0 Å². The predicted octanol–water partition coefficient (Wildman–Crippen LogP) is -1.56. The topological polar surface area (TPSA) is 106 Å². The number of nitrogens with zero attached hydrogens (tertiary/aromatic N) is 4. The van der Waals surface area contributed by atoms with E-state index in [1.165, 1.54) is 9.58 Å². The number of carbonyl (C=O) groups is 2. The Hall–Kier alpha value is -1.96. The van der Waals surface area contributed by atoms with Crippen LogP contribution in [0, 0.1) is 0 Å². The van der Waals surface area contributed by atoms with Gasteiger partial charge in [0.1, 0.15) is 0 Å². The van der Waals surface area contributed by atoms with Gasteiger partial charge in [-0.15, -0.1) is 5.10 Å². The molecule has 8 heteroatoms. The summed E-state index contributed by atoms with van der Waals surface area (Å²) < 4.78 is 1.51. The number of aromatic nitrogens is 3. The van der Waals surface area contributed by atoms with E-state index in [1.807, 2.05) is 0 Å². The predicted molar refractivity (Wildman–Crippen MR) is 64.7 cm³/mol. The number of hydrogen-bond acceptors (Lipinski definition) is 5. The van der Waals surface area contributed by atoms with Gasteiger partial charge in [0.05, 0.1) is 12.7 Å². The Balaban J connectivity index is 2.54. The second-order valence-corrected chi connectivity index (χ2v) is 3.81. The summed E-state index contributed by atoms with van der Waals surface area (Å²) in [7, 11) is 3.18. The van der Waals surface area contributed by atoms with Crippen LogP contribution in [0.3, 0.4) is 0 Å². The first-order chi connectivity index (χ1) is 8.58. The van der Waals surface area contributed by atoms with Crippen LogP contribution >= 0.6 is 0 Å². The lowest BCUT2D eigenvalue weighted by atomic mass is 10.3. The minimum Gasteiger partial charge on any atom is -0.359 e. The lowest BCUT2D eigenvalue weighted by Gasteiger charge is -2.14. The van der Waals surface area contributed by atoms with E-state index in [9.17, 15) is 9.59 Å². The molecule has 2 amide bonds. The maximum atomic E-state index is 11.9. The van der Waals surface area contributed by atoms with Gasteiger partial charge < -0.3 is 16.0 Å². The molecular weight excluding hydrogens is 236 g/mol. The molecule has 0 atom stereocenters. The first-order valence-electron chi connectivity index (χ1n) is 5.64. The number of nitrogens with two attached hydrogens (primary N) is 1. The average molecular weight is 254 g/mol. The molecule has 0 unspecified atom stereocenters. The van der Waals surface area contributed by atoms with E-state index in [0.29, 0.717) is 19.6 Å². The molecular formula is C10H18N6O2. The molecule has 0 fully saturated rings. The fourth-order valence-electron chi connectivity index (χ4n) is 1.33. The highest BCUT2D eigenvalue weighted by Gasteiger charge is 2.16. The molecule has 0 radical (unpaired) electrons. The summed E-state index contributed by atoms with van der Waals surface area (Å²) in [4.78, 5) is 24.4. The molecule has 0 saturated carbocycles. The molecule has 1 rings (SSSR count). The van der Waals surface area contributed by atoms with Crippen LogP contribution in [-0.4, -0.2) is 58.9 Å². The highest BCUT2D eigenvalue weighted by molar-refractivity contribution is 5.92. The van der Waals surface area contributed by atoms with Crippen molar-refractivity contribution >= 4 is 11.8 Å². The normalized spacial score (nSPS) is 10.2. The summed E-state index contributed by atoms with van der Waals surface area (Å²) in [6.45, 7) is 1.29. The molecule has 18 heavy (non-hydrogen) atoms. The highest BCUT2D eigenvalue weighted by atomic mass is 16.2. The van der Waals surface area contributed by atoms with Gasteiger partial charge in [0.25, 0.3) is 5.91 Å². The Kier molecular flexibility index (Phi) is 5.25. The number of amides is 2. The van der Waals surface area contributed by atoms with Crippen molar-refractivity contribution in [2.24, 2.45) is 5.73 Å². The fraction of sp³-hybridized carbons (Fsp3) is 0.600. The van der Waals surface area contributed by atoms with Crippen molar-refractivity contribution in [1.29, 1.82) is 0 Å². The van der Waals surface area contributed by atoms with E-state index >= 15 is 0 Å². The highest BCUT2D eigenvalue weighted by Crippen LogP contribution is 2.00. The molecule has 0 aliphatic carbocycles. The minimum absolute atomic E-state index is 0.110. The molecule has 1 heterocycles. The smallest absolute Gasteiger partial charge is 0.275 e. The molecule has 0 saturated heterocycles. The third kappa shape index (κ3) is 3.81. The van der Waals surface area contributed by atoms with Crippen LogP contribution in [0.2, 0.25) is 0 Å². The largest absolute Gasteiger partial charge is 0.359 e. The molecule has 1 aromatic rings. The maximum absolute atomic E-state index is 11.9. The number of nitrogens with one attached hydrogen (secondary N) is 1. The molecule has 3 N–H and O–H groups in total. The Morgan fingerprint density at radius 1 is 1.56 bits per heavy atom. The van der Waals surface area contributed by atoms with Gasteiger partial charge in [0, 0.05) is 33.6 Å². The zero-order valence-electron chi connectivity index (χ0n) is 10.6. The lowest BCUT2D eigenvalue weighted by Crippen LogP contribution is -2.31. The van der Waals surface area contributed by atoms with Crippen LogP contribution < -0.4 is 11.1 Å². The number of carbonyl (C=O) groups excluding carboxylic acids is 2. The van der Waals surface area contributed by atoms with Crippen LogP contribution in [0.25, 0.3) is 0 Å². The molecule has 0 aliphatic heterocycles. The fourth-order valence-corrected chi connectivity index (χ4v) is 1.33. The summed E-state index contributed by atoms with van der Waals surface area (Å²) in [5.41, 5.74) is 5.63. The van der Waals surface area contributed by atoms with Gasteiger partial charge in [-0.3, -0.25) is 14.3 Å². The maximum Gasteiger partial charge on any atom is 0.275 e. The van der Waals surface area contributed by atoms with Gasteiger partial charge in [-0.05, 0) is 0 Å². The molecule has 1 aromatic heterocycles. The van der Waals surface area contributed by atoms with Gasteiger partial charge >= 0.3 is 0 Å². The second kappa shape index (κ2) is 6.70. The Labute approximate surface area is 105 Å². The zero-order valence-corrected chi connectivity index (χ0v) is 10.6. The summed E-state index contributed by atoms with van der Waals surface area (Å²) in [5.74, 6) is -0.372. The van der Waals surface area contributed by atoms with Gasteiger partial charge in [-0.2, -0.15) is 0 Å². The summed E-state index contributed by atoms with van der Waals surface area (Å²) in [6.07, 6.45) is 1.81. The number of rotatable bonds is 6. The average Bonchev–Trinajstić information content (AvgIpc) is 2.83. The first-order valence-corrected chi connectivity index (χ1v) is 5.64. The monoisotopic (exact) mass is 254 g/mol. The Morgan fingerprint density at radius 2 is 2.28 bits per heavy atom. The van der Waals surface area contributed by atoms with Crippen LogP contribution in [-0.2, 0) is 11.3 Å². The molecule has 0 bridgehead atoms. The SMILES string of the molecule is CNC(=O)CCN(C)C(=O)c1cn(CCN)nn1.